The lowest BCUT2D eigenvalue weighted by atomic mass is 10.1. The SMILES string of the molecule is Cl.NCCCCCCCc1ccnc(Cl)c1. The van der Waals surface area contributed by atoms with Crippen LogP contribution in [0.15, 0.2) is 18.3 Å². The molecule has 2 nitrogen and oxygen atoms in total. The van der Waals surface area contributed by atoms with E-state index in [9.17, 15) is 0 Å². The molecule has 0 aliphatic carbocycles. The Bertz CT molecular complexity index is 279. The third-order valence-corrected chi connectivity index (χ3v) is 2.67. The molecule has 1 aromatic heterocycles. The Morgan fingerprint density at radius 1 is 1.12 bits per heavy atom. The molecule has 0 aromatic carbocycles. The molecule has 0 bridgehead atoms. The summed E-state index contributed by atoms with van der Waals surface area (Å²) in [6, 6.07) is 3.98. The Hall–Kier alpha value is -0.310. The third-order valence-electron chi connectivity index (χ3n) is 2.46. The van der Waals surface area contributed by atoms with Gasteiger partial charge < -0.3 is 5.73 Å². The summed E-state index contributed by atoms with van der Waals surface area (Å²) < 4.78 is 0. The van der Waals surface area contributed by atoms with Gasteiger partial charge in [0, 0.05) is 6.20 Å². The van der Waals surface area contributed by atoms with Crippen molar-refractivity contribution in [2.75, 3.05) is 6.54 Å². The number of unbranched alkanes of at least 4 members (excludes halogenated alkanes) is 4. The lowest BCUT2D eigenvalue weighted by Gasteiger charge is -2.01. The predicted octanol–water partition coefficient (Wildman–Crippen LogP) is 3.61. The smallest absolute Gasteiger partial charge is 0.129 e. The number of pyridine rings is 1. The van der Waals surface area contributed by atoms with Gasteiger partial charge in [-0.2, -0.15) is 0 Å². The van der Waals surface area contributed by atoms with Crippen molar-refractivity contribution in [3.05, 3.63) is 29.0 Å². The Kier molecular flexibility index (Phi) is 9.69. The van der Waals surface area contributed by atoms with Crippen LogP contribution in [-0.2, 0) is 6.42 Å². The predicted molar refractivity (Wildman–Crippen MR) is 72.3 cm³/mol. The van der Waals surface area contributed by atoms with Crippen LogP contribution in [0.5, 0.6) is 0 Å². The van der Waals surface area contributed by atoms with Crippen molar-refractivity contribution in [3.8, 4) is 0 Å². The monoisotopic (exact) mass is 262 g/mol. The van der Waals surface area contributed by atoms with E-state index in [4.69, 9.17) is 17.3 Å². The molecule has 0 radical (unpaired) electrons. The van der Waals surface area contributed by atoms with Crippen LogP contribution in [-0.4, -0.2) is 11.5 Å². The van der Waals surface area contributed by atoms with E-state index >= 15 is 0 Å². The maximum absolute atomic E-state index is 5.80. The molecule has 16 heavy (non-hydrogen) atoms. The maximum atomic E-state index is 5.80. The number of nitrogens with zero attached hydrogens (tertiary/aromatic N) is 1. The number of rotatable bonds is 7. The summed E-state index contributed by atoms with van der Waals surface area (Å²) in [6.07, 6.45) is 9.08. The topological polar surface area (TPSA) is 38.9 Å². The van der Waals surface area contributed by atoms with Crippen molar-refractivity contribution in [1.82, 2.24) is 4.98 Å². The molecule has 4 heteroatoms. The molecule has 1 aromatic rings. The molecule has 0 amide bonds. The van der Waals surface area contributed by atoms with Gasteiger partial charge in [0.2, 0.25) is 0 Å². The fraction of sp³-hybridized carbons (Fsp3) is 0.583. The molecule has 0 unspecified atom stereocenters. The molecule has 0 saturated carbocycles. The van der Waals surface area contributed by atoms with Crippen LogP contribution in [0.2, 0.25) is 5.15 Å². The van der Waals surface area contributed by atoms with Gasteiger partial charge in [0.25, 0.3) is 0 Å². The molecule has 0 aliphatic heterocycles. The largest absolute Gasteiger partial charge is 0.330 e. The fourth-order valence-electron chi connectivity index (χ4n) is 1.60. The van der Waals surface area contributed by atoms with Crippen molar-refractivity contribution in [1.29, 1.82) is 0 Å². The summed E-state index contributed by atoms with van der Waals surface area (Å²) >= 11 is 5.80. The summed E-state index contributed by atoms with van der Waals surface area (Å²) in [5.41, 5.74) is 6.72. The first kappa shape index (κ1) is 15.7. The van der Waals surface area contributed by atoms with E-state index in [1.54, 1.807) is 6.20 Å². The van der Waals surface area contributed by atoms with Gasteiger partial charge in [0.1, 0.15) is 5.15 Å². The van der Waals surface area contributed by atoms with Crippen LogP contribution < -0.4 is 5.73 Å². The summed E-state index contributed by atoms with van der Waals surface area (Å²) in [4.78, 5) is 3.96. The average molecular weight is 263 g/mol. The third kappa shape index (κ3) is 7.04. The molecule has 0 aliphatic rings. The van der Waals surface area contributed by atoms with E-state index in [1.165, 1.54) is 31.2 Å². The molecule has 0 atom stereocenters. The lowest BCUT2D eigenvalue weighted by Crippen LogP contribution is -1.97. The van der Waals surface area contributed by atoms with Crippen molar-refractivity contribution in [2.24, 2.45) is 5.73 Å². The highest BCUT2D eigenvalue weighted by atomic mass is 35.5. The van der Waals surface area contributed by atoms with Gasteiger partial charge in [-0.3, -0.25) is 0 Å². The minimum absolute atomic E-state index is 0. The van der Waals surface area contributed by atoms with Crippen LogP contribution in [0.25, 0.3) is 0 Å². The van der Waals surface area contributed by atoms with Crippen molar-refractivity contribution in [2.45, 2.75) is 38.5 Å². The van der Waals surface area contributed by atoms with E-state index < -0.39 is 0 Å². The molecule has 0 fully saturated rings. The van der Waals surface area contributed by atoms with E-state index in [2.05, 4.69) is 4.98 Å². The number of nitrogens with two attached hydrogens (primary N) is 1. The van der Waals surface area contributed by atoms with Gasteiger partial charge in [-0.05, 0) is 43.5 Å². The van der Waals surface area contributed by atoms with Crippen LogP contribution in [0, 0.1) is 0 Å². The van der Waals surface area contributed by atoms with Crippen molar-refractivity contribution >= 4 is 24.0 Å². The quantitative estimate of drug-likeness (QED) is 0.603. The maximum Gasteiger partial charge on any atom is 0.129 e. The van der Waals surface area contributed by atoms with Gasteiger partial charge in [0.05, 0.1) is 0 Å². The normalized spacial score (nSPS) is 9.88. The second-order valence-electron chi connectivity index (χ2n) is 3.79. The highest BCUT2D eigenvalue weighted by molar-refractivity contribution is 6.29. The number of hydrogen-bond donors (Lipinski definition) is 1. The molecule has 1 heterocycles. The zero-order chi connectivity index (χ0) is 10.9. The molecular weight excluding hydrogens is 243 g/mol. The van der Waals surface area contributed by atoms with Gasteiger partial charge in [-0.15, -0.1) is 12.4 Å². The highest BCUT2D eigenvalue weighted by Crippen LogP contribution is 2.11. The van der Waals surface area contributed by atoms with Crippen LogP contribution >= 0.6 is 24.0 Å². The highest BCUT2D eigenvalue weighted by Gasteiger charge is 1.95. The second kappa shape index (κ2) is 9.88. The van der Waals surface area contributed by atoms with E-state index in [0.717, 1.165) is 19.4 Å². The van der Waals surface area contributed by atoms with E-state index in [1.807, 2.05) is 12.1 Å². The molecule has 2 N–H and O–H groups in total. The first-order valence-corrected chi connectivity index (χ1v) is 6.01. The zero-order valence-electron chi connectivity index (χ0n) is 9.49. The fourth-order valence-corrected chi connectivity index (χ4v) is 1.80. The lowest BCUT2D eigenvalue weighted by molar-refractivity contribution is 0.618. The van der Waals surface area contributed by atoms with E-state index in [-0.39, 0.29) is 12.4 Å². The van der Waals surface area contributed by atoms with Crippen molar-refractivity contribution in [3.63, 3.8) is 0 Å². The minimum Gasteiger partial charge on any atom is -0.330 e. The minimum atomic E-state index is 0. The van der Waals surface area contributed by atoms with Crippen LogP contribution in [0.1, 0.15) is 37.7 Å². The van der Waals surface area contributed by atoms with Gasteiger partial charge in [0.15, 0.2) is 0 Å². The number of hydrogen-bond acceptors (Lipinski definition) is 2. The summed E-state index contributed by atoms with van der Waals surface area (Å²) in [6.45, 7) is 0.819. The first-order valence-electron chi connectivity index (χ1n) is 5.63. The van der Waals surface area contributed by atoms with E-state index in [0.29, 0.717) is 5.15 Å². The summed E-state index contributed by atoms with van der Waals surface area (Å²) in [5.74, 6) is 0. The summed E-state index contributed by atoms with van der Waals surface area (Å²) in [5, 5.41) is 0.593. The van der Waals surface area contributed by atoms with Gasteiger partial charge in [-0.1, -0.05) is 30.9 Å². The molecule has 92 valence electrons. The first-order chi connectivity index (χ1) is 7.33. The molecular formula is C12H20Cl2N2. The Morgan fingerprint density at radius 2 is 1.81 bits per heavy atom. The molecule has 1 rings (SSSR count). The van der Waals surface area contributed by atoms with Gasteiger partial charge >= 0.3 is 0 Å². The summed E-state index contributed by atoms with van der Waals surface area (Å²) in [7, 11) is 0. The van der Waals surface area contributed by atoms with Crippen LogP contribution in [0.4, 0.5) is 0 Å². The van der Waals surface area contributed by atoms with Gasteiger partial charge in [-0.25, -0.2) is 4.98 Å². The molecule has 0 saturated heterocycles. The average Bonchev–Trinajstić information content (AvgIpc) is 2.23. The second-order valence-corrected chi connectivity index (χ2v) is 4.18. The number of aryl methyl sites for hydroxylation is 1. The van der Waals surface area contributed by atoms with Crippen molar-refractivity contribution < 1.29 is 0 Å². The van der Waals surface area contributed by atoms with Crippen LogP contribution in [0.3, 0.4) is 0 Å². The Balaban J connectivity index is 0.00000225. The standard InChI is InChI=1S/C12H19ClN2.ClH/c13-12-10-11(7-9-15-12)6-4-2-1-3-5-8-14;/h7,9-10H,1-6,8,14H2;1H. The molecule has 0 spiro atoms. The number of aromatic nitrogens is 1. The Labute approximate surface area is 109 Å². The zero-order valence-corrected chi connectivity index (χ0v) is 11.1. The Morgan fingerprint density at radius 3 is 2.50 bits per heavy atom. The number of halogens is 2.